The maximum atomic E-state index is 13.1. The lowest BCUT2D eigenvalue weighted by Crippen LogP contribution is -2.47. The molecule has 3 amide bonds. The van der Waals surface area contributed by atoms with Crippen molar-refractivity contribution < 1.29 is 19.1 Å². The number of rotatable bonds is 4. The highest BCUT2D eigenvalue weighted by Gasteiger charge is 2.37. The third-order valence-corrected chi connectivity index (χ3v) is 9.09. The molecule has 196 valence electrons. The Balaban J connectivity index is 1.44. The number of anilines is 1. The molecule has 0 unspecified atom stereocenters. The van der Waals surface area contributed by atoms with Gasteiger partial charge in [0.05, 0.1) is 16.8 Å². The summed E-state index contributed by atoms with van der Waals surface area (Å²) < 4.78 is 7.65. The van der Waals surface area contributed by atoms with Crippen molar-refractivity contribution in [3.63, 3.8) is 0 Å². The smallest absolute Gasteiger partial charge is 0.410 e. The van der Waals surface area contributed by atoms with Crippen LogP contribution >= 0.6 is 38.6 Å². The Morgan fingerprint density at radius 3 is 2.65 bits per heavy atom. The molecule has 1 fully saturated rings. The van der Waals surface area contributed by atoms with Gasteiger partial charge in [0.25, 0.3) is 0 Å². The fourth-order valence-corrected chi connectivity index (χ4v) is 7.59. The number of hydrogen-bond donors (Lipinski definition) is 2. The van der Waals surface area contributed by atoms with Crippen LogP contribution in [0.3, 0.4) is 0 Å². The molecule has 2 aliphatic rings. The summed E-state index contributed by atoms with van der Waals surface area (Å²) in [4.78, 5) is 44.9. The van der Waals surface area contributed by atoms with Gasteiger partial charge in [0.2, 0.25) is 11.8 Å². The van der Waals surface area contributed by atoms with E-state index in [1.165, 1.54) is 18.3 Å². The van der Waals surface area contributed by atoms with Gasteiger partial charge < -0.3 is 20.3 Å². The highest BCUT2D eigenvalue weighted by atomic mass is 79.9. The van der Waals surface area contributed by atoms with Crippen LogP contribution in [0.25, 0.3) is 20.8 Å². The average molecular weight is 606 g/mol. The van der Waals surface area contributed by atoms with E-state index in [-0.39, 0.29) is 29.9 Å². The number of carbonyl (C=O) groups excluding carboxylic acids is 3. The van der Waals surface area contributed by atoms with E-state index < -0.39 is 5.60 Å². The lowest BCUT2D eigenvalue weighted by molar-refractivity contribution is -0.126. The number of nitrogens with one attached hydrogen (secondary N) is 2. The molecule has 1 aromatic carbocycles. The normalized spacial score (nSPS) is 19.2. The van der Waals surface area contributed by atoms with E-state index in [1.54, 1.807) is 16.2 Å². The van der Waals surface area contributed by atoms with Crippen molar-refractivity contribution in [2.45, 2.75) is 65.1 Å². The minimum atomic E-state index is -0.565. The predicted octanol–water partition coefficient (Wildman–Crippen LogP) is 5.93. The number of carbonyl (C=O) groups is 3. The minimum Gasteiger partial charge on any atom is -0.444 e. The van der Waals surface area contributed by atoms with Crippen LogP contribution in [0.4, 0.5) is 9.80 Å². The van der Waals surface area contributed by atoms with Crippen LogP contribution in [0.1, 0.15) is 51.0 Å². The Labute approximate surface area is 231 Å². The van der Waals surface area contributed by atoms with Gasteiger partial charge in [0.1, 0.15) is 15.6 Å². The molecule has 5 rings (SSSR count). The molecule has 37 heavy (non-hydrogen) atoms. The van der Waals surface area contributed by atoms with Crippen molar-refractivity contribution in [3.05, 3.63) is 33.1 Å². The van der Waals surface area contributed by atoms with Crippen molar-refractivity contribution in [1.82, 2.24) is 15.2 Å². The lowest BCUT2D eigenvalue weighted by Gasteiger charge is -2.34. The average Bonchev–Trinajstić information content (AvgIpc) is 3.33. The van der Waals surface area contributed by atoms with Gasteiger partial charge in [0, 0.05) is 40.3 Å². The highest BCUT2D eigenvalue weighted by Crippen LogP contribution is 2.46. The second kappa shape index (κ2) is 9.99. The molecule has 3 heterocycles. The van der Waals surface area contributed by atoms with Gasteiger partial charge in [-0.05, 0) is 63.8 Å². The van der Waals surface area contributed by atoms with Crippen LogP contribution in [-0.2, 0) is 27.3 Å². The molecule has 11 heteroatoms. The molecule has 0 bridgehead atoms. The Hall–Kier alpha value is -2.50. The summed E-state index contributed by atoms with van der Waals surface area (Å²) in [6, 6.07) is 6.05. The number of amides is 3. The maximum Gasteiger partial charge on any atom is 0.410 e. The summed E-state index contributed by atoms with van der Waals surface area (Å²) >= 11 is 6.64. The summed E-state index contributed by atoms with van der Waals surface area (Å²) in [6.45, 7) is 8.05. The summed E-state index contributed by atoms with van der Waals surface area (Å²) in [5.41, 5.74) is 2.42. The van der Waals surface area contributed by atoms with Crippen LogP contribution in [0, 0.1) is 5.92 Å². The molecule has 8 nitrogen and oxygen atoms in total. The quantitative estimate of drug-likeness (QED) is 0.384. The zero-order valence-electron chi connectivity index (χ0n) is 21.1. The Morgan fingerprint density at radius 2 is 1.95 bits per heavy atom. The van der Waals surface area contributed by atoms with Crippen molar-refractivity contribution in [2.24, 2.45) is 5.92 Å². The number of benzene rings is 1. The summed E-state index contributed by atoms with van der Waals surface area (Å²) in [5.74, 6) is -0.267. The standard InChI is InChI=1S/C26H29BrN4O4S2/c1-13(32)28-16-9-14(10-16)22(33)30-24-21(23-29-18-6-5-15(27)11-19(18)36-23)17-7-8-31(12-20(17)37-24)25(34)35-26(2,3)4/h5-6,11,14,16H,7-10,12H2,1-4H3,(H,28,32)(H,30,33). The molecule has 1 aliphatic heterocycles. The Bertz CT molecular complexity index is 1390. The van der Waals surface area contributed by atoms with E-state index in [9.17, 15) is 14.4 Å². The molecular weight excluding hydrogens is 576 g/mol. The summed E-state index contributed by atoms with van der Waals surface area (Å²) in [6.07, 6.45) is 1.59. The SMILES string of the molecule is CC(=O)NC1CC(C(=O)Nc2sc3c(c2-c2nc4ccc(Br)cc4s2)CCN(C(=O)OC(C)(C)C)C3)C1. The molecule has 2 aromatic heterocycles. The van der Waals surface area contributed by atoms with Gasteiger partial charge in [-0.25, -0.2) is 9.78 Å². The van der Waals surface area contributed by atoms with Crippen LogP contribution < -0.4 is 10.6 Å². The Kier molecular flexibility index (Phi) is 7.06. The van der Waals surface area contributed by atoms with Crippen molar-refractivity contribution >= 4 is 71.7 Å². The number of thiophene rings is 1. The Morgan fingerprint density at radius 1 is 1.19 bits per heavy atom. The molecule has 0 radical (unpaired) electrons. The topological polar surface area (TPSA) is 101 Å². The van der Waals surface area contributed by atoms with Crippen LogP contribution in [0.2, 0.25) is 0 Å². The second-order valence-corrected chi connectivity index (χ2v) is 13.6. The number of hydrogen-bond acceptors (Lipinski definition) is 7. The van der Waals surface area contributed by atoms with E-state index in [0.29, 0.717) is 32.4 Å². The highest BCUT2D eigenvalue weighted by molar-refractivity contribution is 9.10. The van der Waals surface area contributed by atoms with Gasteiger partial charge in [-0.1, -0.05) is 15.9 Å². The number of halogens is 1. The van der Waals surface area contributed by atoms with Crippen LogP contribution in [0.5, 0.6) is 0 Å². The monoisotopic (exact) mass is 604 g/mol. The number of fused-ring (bicyclic) bond motifs is 2. The van der Waals surface area contributed by atoms with Crippen molar-refractivity contribution in [3.8, 4) is 10.6 Å². The predicted molar refractivity (Wildman–Crippen MR) is 150 cm³/mol. The molecule has 2 N–H and O–H groups in total. The zero-order valence-corrected chi connectivity index (χ0v) is 24.4. The van der Waals surface area contributed by atoms with Crippen LogP contribution in [0.15, 0.2) is 22.7 Å². The molecule has 1 saturated carbocycles. The fraction of sp³-hybridized carbons (Fsp3) is 0.462. The third kappa shape index (κ3) is 5.68. The van der Waals surface area contributed by atoms with Gasteiger partial charge in [-0.15, -0.1) is 22.7 Å². The molecular formula is C26H29BrN4O4S2. The minimum absolute atomic E-state index is 0.0469. The van der Waals surface area contributed by atoms with E-state index in [0.717, 1.165) is 40.7 Å². The van der Waals surface area contributed by atoms with Crippen molar-refractivity contribution in [2.75, 3.05) is 11.9 Å². The first-order valence-corrected chi connectivity index (χ1v) is 14.7. The first-order chi connectivity index (χ1) is 17.5. The summed E-state index contributed by atoms with van der Waals surface area (Å²) in [5, 5.41) is 7.67. The van der Waals surface area contributed by atoms with E-state index in [4.69, 9.17) is 9.72 Å². The zero-order chi connectivity index (χ0) is 26.5. The van der Waals surface area contributed by atoms with E-state index in [2.05, 4.69) is 26.6 Å². The number of aromatic nitrogens is 1. The first kappa shape index (κ1) is 26.1. The van der Waals surface area contributed by atoms with E-state index in [1.807, 2.05) is 39.0 Å². The summed E-state index contributed by atoms with van der Waals surface area (Å²) in [7, 11) is 0. The molecule has 0 saturated heterocycles. The van der Waals surface area contributed by atoms with Gasteiger partial charge in [0.15, 0.2) is 0 Å². The first-order valence-electron chi connectivity index (χ1n) is 12.2. The number of thiazole rings is 1. The molecule has 3 aromatic rings. The van der Waals surface area contributed by atoms with Gasteiger partial charge in [-0.2, -0.15) is 0 Å². The number of nitrogens with zero attached hydrogens (tertiary/aromatic N) is 2. The molecule has 0 spiro atoms. The lowest BCUT2D eigenvalue weighted by atomic mass is 9.79. The van der Waals surface area contributed by atoms with E-state index >= 15 is 0 Å². The maximum absolute atomic E-state index is 13.1. The third-order valence-electron chi connectivity index (χ3n) is 6.43. The van der Waals surface area contributed by atoms with Gasteiger partial charge >= 0.3 is 6.09 Å². The molecule has 0 atom stereocenters. The largest absolute Gasteiger partial charge is 0.444 e. The number of ether oxygens (including phenoxy) is 1. The van der Waals surface area contributed by atoms with Crippen LogP contribution in [-0.4, -0.2) is 46.0 Å². The molecule has 1 aliphatic carbocycles. The fourth-order valence-electron chi connectivity index (χ4n) is 4.66. The van der Waals surface area contributed by atoms with Gasteiger partial charge in [-0.3, -0.25) is 9.59 Å². The second-order valence-electron chi connectivity index (χ2n) is 10.5. The van der Waals surface area contributed by atoms with Crippen molar-refractivity contribution in [1.29, 1.82) is 0 Å².